The third kappa shape index (κ3) is 3.18. The summed E-state index contributed by atoms with van der Waals surface area (Å²) in [5.74, 6) is -2.76. The Morgan fingerprint density at radius 2 is 1.94 bits per heavy atom. The smallest absolute Gasteiger partial charge is 0.274 e. The fourth-order valence-corrected chi connectivity index (χ4v) is 1.72. The van der Waals surface area contributed by atoms with E-state index in [9.17, 15) is 13.6 Å². The van der Waals surface area contributed by atoms with E-state index in [4.69, 9.17) is 9.47 Å². The van der Waals surface area contributed by atoms with Gasteiger partial charge in [0.25, 0.3) is 5.92 Å². The van der Waals surface area contributed by atoms with Gasteiger partial charge < -0.3 is 14.3 Å². The molecule has 0 heterocycles. The highest BCUT2D eigenvalue weighted by atomic mass is 19.3. The summed E-state index contributed by atoms with van der Waals surface area (Å²) in [6, 6.07) is 2.96. The molecule has 0 saturated carbocycles. The molecule has 1 aromatic rings. The third-order valence-corrected chi connectivity index (χ3v) is 2.56. The summed E-state index contributed by atoms with van der Waals surface area (Å²) < 4.78 is 37.1. The van der Waals surface area contributed by atoms with Gasteiger partial charge in [-0.2, -0.15) is 0 Å². The normalized spacial score (nSPS) is 11.2. The fourth-order valence-electron chi connectivity index (χ4n) is 1.72. The quantitative estimate of drug-likeness (QED) is 0.736. The minimum absolute atomic E-state index is 0.0276. The van der Waals surface area contributed by atoms with Crippen molar-refractivity contribution in [3.05, 3.63) is 23.3 Å². The van der Waals surface area contributed by atoms with Gasteiger partial charge in [-0.05, 0) is 24.1 Å². The van der Waals surface area contributed by atoms with Crippen molar-refractivity contribution in [2.45, 2.75) is 25.7 Å². The van der Waals surface area contributed by atoms with Crippen LogP contribution in [0.1, 0.15) is 24.5 Å². The average molecular weight is 258 g/mol. The number of carbonyl (C=O) groups is 1. The minimum atomic E-state index is -3.03. The van der Waals surface area contributed by atoms with Crippen LogP contribution in [0.4, 0.5) is 8.78 Å². The van der Waals surface area contributed by atoms with Gasteiger partial charge in [-0.1, -0.05) is 0 Å². The van der Waals surface area contributed by atoms with Crippen molar-refractivity contribution in [2.75, 3.05) is 14.2 Å². The summed E-state index contributed by atoms with van der Waals surface area (Å²) in [6.45, 7) is 0.799. The molecular formula is C13H16F2O3. The fraction of sp³-hybridized carbons (Fsp3) is 0.462. The Kier molecular flexibility index (Phi) is 4.64. The summed E-state index contributed by atoms with van der Waals surface area (Å²) >= 11 is 0. The Bertz CT molecular complexity index is 425. The number of hydrogen-bond donors (Lipinski definition) is 0. The van der Waals surface area contributed by atoms with Crippen molar-refractivity contribution < 1.29 is 23.0 Å². The summed E-state index contributed by atoms with van der Waals surface area (Å²) in [5.41, 5.74) is 0.390. The number of alkyl halides is 2. The Hall–Kier alpha value is -1.65. The lowest BCUT2D eigenvalue weighted by molar-refractivity contribution is -0.107. The lowest BCUT2D eigenvalue weighted by Crippen LogP contribution is -2.11. The van der Waals surface area contributed by atoms with E-state index in [1.807, 2.05) is 0 Å². The first-order chi connectivity index (χ1) is 8.43. The lowest BCUT2D eigenvalue weighted by atomic mass is 10.0. The molecule has 0 spiro atoms. The van der Waals surface area contributed by atoms with Crippen LogP contribution in [-0.4, -0.2) is 20.5 Å². The van der Waals surface area contributed by atoms with Crippen LogP contribution < -0.4 is 9.47 Å². The molecule has 0 aliphatic carbocycles. The lowest BCUT2D eigenvalue weighted by Gasteiger charge is -2.19. The standard InChI is InChI=1S/C13H16F2O3/c1-13(14,15)10-7-9(5-4-6-16)8-11(17-2)12(10)18-3/h6-8H,4-5H2,1-3H3. The second-order valence-corrected chi connectivity index (χ2v) is 3.97. The molecule has 100 valence electrons. The van der Waals surface area contributed by atoms with Crippen LogP contribution in [-0.2, 0) is 17.1 Å². The maximum atomic E-state index is 13.5. The Labute approximate surface area is 105 Å². The molecule has 0 aliphatic heterocycles. The predicted octanol–water partition coefficient (Wildman–Crippen LogP) is 2.95. The Morgan fingerprint density at radius 3 is 2.39 bits per heavy atom. The monoisotopic (exact) mass is 258 g/mol. The number of carbonyl (C=O) groups excluding carboxylic acids is 1. The maximum absolute atomic E-state index is 13.5. The number of aldehydes is 1. The van der Waals surface area contributed by atoms with E-state index in [1.54, 1.807) is 6.07 Å². The highest BCUT2D eigenvalue weighted by molar-refractivity contribution is 5.53. The van der Waals surface area contributed by atoms with Gasteiger partial charge in [-0.15, -0.1) is 0 Å². The molecule has 0 N–H and O–H groups in total. The maximum Gasteiger partial charge on any atom is 0.274 e. The molecule has 0 amide bonds. The second kappa shape index (κ2) is 5.80. The van der Waals surface area contributed by atoms with Crippen molar-refractivity contribution in [3.63, 3.8) is 0 Å². The SMILES string of the molecule is COc1cc(CCC=O)cc(C(C)(F)F)c1OC. The summed E-state index contributed by atoms with van der Waals surface area (Å²) in [5, 5.41) is 0. The van der Waals surface area contributed by atoms with Crippen LogP contribution in [0.2, 0.25) is 0 Å². The third-order valence-electron chi connectivity index (χ3n) is 2.56. The van der Waals surface area contributed by atoms with Crippen molar-refractivity contribution in [3.8, 4) is 11.5 Å². The van der Waals surface area contributed by atoms with Gasteiger partial charge in [-0.3, -0.25) is 0 Å². The predicted molar refractivity (Wildman–Crippen MR) is 63.5 cm³/mol. The van der Waals surface area contributed by atoms with Gasteiger partial charge in [0.15, 0.2) is 11.5 Å². The van der Waals surface area contributed by atoms with Crippen LogP contribution in [0.25, 0.3) is 0 Å². The van der Waals surface area contributed by atoms with E-state index < -0.39 is 5.92 Å². The molecule has 1 rings (SSSR count). The molecule has 3 nitrogen and oxygen atoms in total. The summed E-state index contributed by atoms with van der Waals surface area (Å²) in [7, 11) is 2.71. The molecule has 0 unspecified atom stereocenters. The summed E-state index contributed by atoms with van der Waals surface area (Å²) in [6.07, 6.45) is 1.43. The summed E-state index contributed by atoms with van der Waals surface area (Å²) in [4.78, 5) is 10.3. The van der Waals surface area contributed by atoms with E-state index in [1.165, 1.54) is 20.3 Å². The molecule has 0 atom stereocenters. The number of benzene rings is 1. The Morgan fingerprint density at radius 1 is 1.28 bits per heavy atom. The van der Waals surface area contributed by atoms with Gasteiger partial charge in [0.1, 0.15) is 6.29 Å². The molecule has 0 radical (unpaired) electrons. The molecular weight excluding hydrogens is 242 g/mol. The van der Waals surface area contributed by atoms with E-state index in [0.717, 1.165) is 13.2 Å². The number of hydrogen-bond acceptors (Lipinski definition) is 3. The van der Waals surface area contributed by atoms with Gasteiger partial charge in [-0.25, -0.2) is 8.78 Å². The second-order valence-electron chi connectivity index (χ2n) is 3.97. The molecule has 5 heteroatoms. The van der Waals surface area contributed by atoms with Crippen molar-refractivity contribution >= 4 is 6.29 Å². The zero-order valence-corrected chi connectivity index (χ0v) is 10.6. The molecule has 0 bridgehead atoms. The molecule has 0 aliphatic rings. The largest absolute Gasteiger partial charge is 0.493 e. The average Bonchev–Trinajstić information content (AvgIpc) is 2.33. The van der Waals surface area contributed by atoms with Crippen molar-refractivity contribution in [1.82, 2.24) is 0 Å². The topological polar surface area (TPSA) is 35.5 Å². The number of methoxy groups -OCH3 is 2. The van der Waals surface area contributed by atoms with Crippen LogP contribution in [0.15, 0.2) is 12.1 Å². The molecule has 1 aromatic carbocycles. The van der Waals surface area contributed by atoms with Crippen LogP contribution >= 0.6 is 0 Å². The van der Waals surface area contributed by atoms with E-state index in [0.29, 0.717) is 12.0 Å². The molecule has 0 fully saturated rings. The minimum Gasteiger partial charge on any atom is -0.493 e. The van der Waals surface area contributed by atoms with E-state index >= 15 is 0 Å². The number of aryl methyl sites for hydroxylation is 1. The van der Waals surface area contributed by atoms with Gasteiger partial charge in [0.05, 0.1) is 19.8 Å². The molecule has 0 saturated heterocycles. The van der Waals surface area contributed by atoms with Crippen molar-refractivity contribution in [2.24, 2.45) is 0 Å². The van der Waals surface area contributed by atoms with Crippen LogP contribution in [0.3, 0.4) is 0 Å². The van der Waals surface area contributed by atoms with Crippen LogP contribution in [0, 0.1) is 0 Å². The van der Waals surface area contributed by atoms with Crippen LogP contribution in [0.5, 0.6) is 11.5 Å². The van der Waals surface area contributed by atoms with E-state index in [2.05, 4.69) is 0 Å². The van der Waals surface area contributed by atoms with Gasteiger partial charge >= 0.3 is 0 Å². The zero-order valence-electron chi connectivity index (χ0n) is 10.6. The first-order valence-corrected chi connectivity index (χ1v) is 5.50. The van der Waals surface area contributed by atoms with Crippen molar-refractivity contribution in [1.29, 1.82) is 0 Å². The first kappa shape index (κ1) is 14.4. The Balaban J connectivity index is 3.31. The highest BCUT2D eigenvalue weighted by Crippen LogP contribution is 2.41. The number of rotatable bonds is 6. The highest BCUT2D eigenvalue weighted by Gasteiger charge is 2.31. The number of halogens is 2. The van der Waals surface area contributed by atoms with Gasteiger partial charge in [0, 0.05) is 13.3 Å². The van der Waals surface area contributed by atoms with Gasteiger partial charge in [0.2, 0.25) is 0 Å². The number of ether oxygens (including phenoxy) is 2. The molecule has 18 heavy (non-hydrogen) atoms. The molecule has 0 aromatic heterocycles. The first-order valence-electron chi connectivity index (χ1n) is 5.50. The zero-order chi connectivity index (χ0) is 13.8. The van der Waals surface area contributed by atoms with E-state index in [-0.39, 0.29) is 23.5 Å².